The quantitative estimate of drug-likeness (QED) is 0.862. The van der Waals surface area contributed by atoms with Gasteiger partial charge in [-0.2, -0.15) is 0 Å². The molecule has 6 heteroatoms. The van der Waals surface area contributed by atoms with E-state index in [0.717, 1.165) is 51.9 Å². The molecule has 130 valence electrons. The molecule has 0 atom stereocenters. The molecule has 6 nitrogen and oxygen atoms in total. The fourth-order valence-electron chi connectivity index (χ4n) is 3.62. The number of aromatic nitrogens is 1. The van der Waals surface area contributed by atoms with Gasteiger partial charge >= 0.3 is 0 Å². The van der Waals surface area contributed by atoms with Gasteiger partial charge in [-0.25, -0.2) is 4.98 Å². The Balaban J connectivity index is 1.70. The molecular weight excluding hydrogens is 318 g/mol. The summed E-state index contributed by atoms with van der Waals surface area (Å²) in [6.07, 6.45) is 5.39. The molecule has 2 fully saturated rings. The van der Waals surface area contributed by atoms with Crippen LogP contribution < -0.4 is 0 Å². The zero-order valence-electron chi connectivity index (χ0n) is 14.1. The van der Waals surface area contributed by atoms with Crippen LogP contribution in [-0.2, 0) is 0 Å². The van der Waals surface area contributed by atoms with Crippen LogP contribution in [0.25, 0.3) is 11.3 Å². The molecule has 0 spiro atoms. The fourth-order valence-corrected chi connectivity index (χ4v) is 3.62. The van der Waals surface area contributed by atoms with E-state index in [0.29, 0.717) is 22.6 Å². The summed E-state index contributed by atoms with van der Waals surface area (Å²) in [7, 11) is 0. The van der Waals surface area contributed by atoms with E-state index in [1.54, 1.807) is 11.0 Å². The molecular formula is C19H21N3O3. The molecule has 0 radical (unpaired) electrons. The Bertz CT molecular complexity index is 787. The zero-order valence-corrected chi connectivity index (χ0v) is 14.1. The Labute approximate surface area is 146 Å². The molecule has 2 aliphatic heterocycles. The number of carbonyl (C=O) groups excluding carboxylic acids is 2. The van der Waals surface area contributed by atoms with Crippen LogP contribution in [0.5, 0.6) is 0 Å². The molecule has 0 bridgehead atoms. The largest absolute Gasteiger partial charge is 0.443 e. The van der Waals surface area contributed by atoms with E-state index in [1.165, 1.54) is 6.39 Å². The lowest BCUT2D eigenvalue weighted by molar-refractivity contribution is 0.0780. The van der Waals surface area contributed by atoms with Crippen molar-refractivity contribution in [3.63, 3.8) is 0 Å². The Kier molecular flexibility index (Phi) is 4.26. The first-order valence-electron chi connectivity index (χ1n) is 8.87. The molecule has 0 N–H and O–H groups in total. The summed E-state index contributed by atoms with van der Waals surface area (Å²) in [5.41, 5.74) is 1.50. The average Bonchev–Trinajstić information content (AvgIpc) is 3.42. The first-order chi connectivity index (χ1) is 12.3. The molecule has 25 heavy (non-hydrogen) atoms. The van der Waals surface area contributed by atoms with Crippen LogP contribution in [-0.4, -0.2) is 52.8 Å². The molecule has 0 unspecified atom stereocenters. The second kappa shape index (κ2) is 6.70. The first kappa shape index (κ1) is 15.9. The molecule has 2 aliphatic rings. The van der Waals surface area contributed by atoms with Gasteiger partial charge in [0.2, 0.25) is 0 Å². The number of amides is 2. The third-order valence-electron chi connectivity index (χ3n) is 4.96. The topological polar surface area (TPSA) is 66.7 Å². The van der Waals surface area contributed by atoms with E-state index >= 15 is 0 Å². The number of rotatable bonds is 3. The minimum absolute atomic E-state index is 0.0101. The second-order valence-corrected chi connectivity index (χ2v) is 6.57. The van der Waals surface area contributed by atoms with E-state index < -0.39 is 0 Å². The van der Waals surface area contributed by atoms with Crippen molar-refractivity contribution in [3.8, 4) is 11.3 Å². The van der Waals surface area contributed by atoms with Gasteiger partial charge in [0, 0.05) is 31.7 Å². The molecule has 0 aliphatic carbocycles. The molecule has 1 aromatic heterocycles. The van der Waals surface area contributed by atoms with Gasteiger partial charge in [0.05, 0.1) is 5.56 Å². The van der Waals surface area contributed by atoms with Crippen LogP contribution in [0.15, 0.2) is 35.1 Å². The van der Waals surface area contributed by atoms with Gasteiger partial charge in [0.25, 0.3) is 11.8 Å². The minimum Gasteiger partial charge on any atom is -0.443 e. The van der Waals surface area contributed by atoms with E-state index in [9.17, 15) is 9.59 Å². The van der Waals surface area contributed by atoms with Crippen molar-refractivity contribution >= 4 is 11.8 Å². The lowest BCUT2D eigenvalue weighted by Gasteiger charge is -2.18. The SMILES string of the molecule is O=C(c1ccccc1-c1ocnc1C(=O)N1CCCC1)N1CCCC1. The van der Waals surface area contributed by atoms with Crippen molar-refractivity contribution in [1.29, 1.82) is 0 Å². The molecule has 2 saturated heterocycles. The monoisotopic (exact) mass is 339 g/mol. The number of hydrogen-bond acceptors (Lipinski definition) is 4. The smallest absolute Gasteiger partial charge is 0.276 e. The molecule has 1 aromatic carbocycles. The first-order valence-corrected chi connectivity index (χ1v) is 8.87. The lowest BCUT2D eigenvalue weighted by Crippen LogP contribution is -2.29. The van der Waals surface area contributed by atoms with Crippen molar-refractivity contribution in [1.82, 2.24) is 14.8 Å². The molecule has 0 saturated carbocycles. The van der Waals surface area contributed by atoms with Crippen LogP contribution in [0.4, 0.5) is 0 Å². The number of benzene rings is 1. The Hall–Kier alpha value is -2.63. The predicted molar refractivity (Wildman–Crippen MR) is 92.2 cm³/mol. The normalized spacial score (nSPS) is 17.3. The number of nitrogens with zero attached hydrogens (tertiary/aromatic N) is 3. The fraction of sp³-hybridized carbons (Fsp3) is 0.421. The van der Waals surface area contributed by atoms with Crippen molar-refractivity contribution < 1.29 is 14.0 Å². The summed E-state index contributed by atoms with van der Waals surface area (Å²) in [6.45, 7) is 3.06. The minimum atomic E-state index is -0.121. The van der Waals surface area contributed by atoms with Gasteiger partial charge in [-0.05, 0) is 31.7 Å². The summed E-state index contributed by atoms with van der Waals surface area (Å²) in [5.74, 6) is 0.258. The summed E-state index contributed by atoms with van der Waals surface area (Å²) < 4.78 is 5.56. The number of likely N-dealkylation sites (tertiary alicyclic amines) is 2. The van der Waals surface area contributed by atoms with Gasteiger partial charge in [-0.15, -0.1) is 0 Å². The highest BCUT2D eigenvalue weighted by molar-refractivity contribution is 6.04. The van der Waals surface area contributed by atoms with Crippen molar-refractivity contribution in [2.24, 2.45) is 0 Å². The average molecular weight is 339 g/mol. The van der Waals surface area contributed by atoms with Crippen molar-refractivity contribution in [2.75, 3.05) is 26.2 Å². The number of carbonyl (C=O) groups is 2. The number of oxazole rings is 1. The summed E-state index contributed by atoms with van der Waals surface area (Å²) in [4.78, 5) is 33.4. The molecule has 2 aromatic rings. The van der Waals surface area contributed by atoms with Crippen molar-refractivity contribution in [2.45, 2.75) is 25.7 Å². The van der Waals surface area contributed by atoms with E-state index in [2.05, 4.69) is 4.98 Å². The summed E-state index contributed by atoms with van der Waals surface area (Å²) >= 11 is 0. The Morgan fingerprint density at radius 1 is 0.880 bits per heavy atom. The van der Waals surface area contributed by atoms with Gasteiger partial charge in [0.1, 0.15) is 0 Å². The third kappa shape index (κ3) is 2.92. The zero-order chi connectivity index (χ0) is 17.2. The summed E-state index contributed by atoms with van der Waals surface area (Å²) in [6, 6.07) is 7.31. The van der Waals surface area contributed by atoms with Crippen molar-refractivity contribution in [3.05, 3.63) is 41.9 Å². The molecule has 4 rings (SSSR count). The second-order valence-electron chi connectivity index (χ2n) is 6.57. The van der Waals surface area contributed by atoms with Crippen LogP contribution >= 0.6 is 0 Å². The lowest BCUT2D eigenvalue weighted by atomic mass is 10.0. The predicted octanol–water partition coefficient (Wildman–Crippen LogP) is 2.81. The maximum absolute atomic E-state index is 12.9. The van der Waals surface area contributed by atoms with Crippen LogP contribution in [0.2, 0.25) is 0 Å². The maximum atomic E-state index is 12.9. The van der Waals surface area contributed by atoms with Gasteiger partial charge in [0.15, 0.2) is 17.8 Å². The third-order valence-corrected chi connectivity index (χ3v) is 4.96. The Morgan fingerprint density at radius 3 is 2.16 bits per heavy atom. The Morgan fingerprint density at radius 2 is 1.48 bits per heavy atom. The summed E-state index contributed by atoms with van der Waals surface area (Å²) in [5, 5.41) is 0. The van der Waals surface area contributed by atoms with E-state index in [4.69, 9.17) is 4.42 Å². The van der Waals surface area contributed by atoms with Gasteiger partial charge < -0.3 is 14.2 Å². The number of hydrogen-bond donors (Lipinski definition) is 0. The van der Waals surface area contributed by atoms with Gasteiger partial charge in [-0.1, -0.05) is 18.2 Å². The van der Waals surface area contributed by atoms with E-state index in [-0.39, 0.29) is 11.8 Å². The molecule has 2 amide bonds. The highest BCUT2D eigenvalue weighted by Gasteiger charge is 2.29. The van der Waals surface area contributed by atoms with E-state index in [1.807, 2.05) is 23.1 Å². The van der Waals surface area contributed by atoms with Crippen LogP contribution in [0.3, 0.4) is 0 Å². The molecule has 3 heterocycles. The van der Waals surface area contributed by atoms with Gasteiger partial charge in [-0.3, -0.25) is 9.59 Å². The van der Waals surface area contributed by atoms with Crippen LogP contribution in [0.1, 0.15) is 46.5 Å². The standard InChI is InChI=1S/C19H21N3O3/c23-18(21-9-3-4-10-21)15-8-2-1-7-14(15)17-16(20-13-25-17)19(24)22-11-5-6-12-22/h1-2,7-8,13H,3-6,9-12H2. The highest BCUT2D eigenvalue weighted by atomic mass is 16.3. The highest BCUT2D eigenvalue weighted by Crippen LogP contribution is 2.29. The maximum Gasteiger partial charge on any atom is 0.276 e. The van der Waals surface area contributed by atoms with Crippen LogP contribution in [0, 0.1) is 0 Å².